The maximum Gasteiger partial charge on any atom is -0.00474 e. The molecule has 0 aliphatic heterocycles. The van der Waals surface area contributed by atoms with Crippen molar-refractivity contribution in [2.24, 2.45) is 0 Å². The van der Waals surface area contributed by atoms with Gasteiger partial charge in [-0.2, -0.15) is 0 Å². The van der Waals surface area contributed by atoms with Gasteiger partial charge in [0.05, 0.1) is 0 Å². The molecule has 0 aromatic heterocycles. The normalized spacial score (nSPS) is 8.87. The van der Waals surface area contributed by atoms with Crippen LogP contribution in [-0.4, -0.2) is 24.5 Å². The smallest absolute Gasteiger partial charge is 0.00474 e. The molecule has 2 heteroatoms. The largest absolute Gasteiger partial charge is 0.304 e. The summed E-state index contributed by atoms with van der Waals surface area (Å²) in [6.07, 6.45) is 0. The minimum Gasteiger partial charge on any atom is -0.304 e. The van der Waals surface area contributed by atoms with Gasteiger partial charge in [-0.3, -0.25) is 0 Å². The SMILES string of the molecule is CCN(CC)CC.Cc1ccccc1.Cl. The molecule has 15 heavy (non-hydrogen) atoms. The van der Waals surface area contributed by atoms with E-state index in [9.17, 15) is 0 Å². The first-order valence-corrected chi connectivity index (χ1v) is 5.48. The summed E-state index contributed by atoms with van der Waals surface area (Å²) in [6.45, 7) is 12.2. The minimum absolute atomic E-state index is 0. The summed E-state index contributed by atoms with van der Waals surface area (Å²) in [6, 6.07) is 10.3. The molecular formula is C13H24ClN. The van der Waals surface area contributed by atoms with E-state index in [1.54, 1.807) is 0 Å². The van der Waals surface area contributed by atoms with Crippen LogP contribution in [0.5, 0.6) is 0 Å². The van der Waals surface area contributed by atoms with E-state index in [-0.39, 0.29) is 12.4 Å². The monoisotopic (exact) mass is 229 g/mol. The fraction of sp³-hybridized carbons (Fsp3) is 0.538. The summed E-state index contributed by atoms with van der Waals surface area (Å²) in [5, 5.41) is 0. The third kappa shape index (κ3) is 9.77. The highest BCUT2D eigenvalue weighted by atomic mass is 35.5. The van der Waals surface area contributed by atoms with Crippen LogP contribution >= 0.6 is 12.4 Å². The molecular weight excluding hydrogens is 206 g/mol. The fourth-order valence-electron chi connectivity index (χ4n) is 1.21. The van der Waals surface area contributed by atoms with Gasteiger partial charge in [-0.25, -0.2) is 0 Å². The van der Waals surface area contributed by atoms with Crippen molar-refractivity contribution in [3.05, 3.63) is 35.9 Å². The van der Waals surface area contributed by atoms with Crippen molar-refractivity contribution in [1.29, 1.82) is 0 Å². The third-order valence-electron chi connectivity index (χ3n) is 2.28. The zero-order valence-electron chi connectivity index (χ0n) is 10.4. The van der Waals surface area contributed by atoms with Crippen molar-refractivity contribution in [3.63, 3.8) is 0 Å². The van der Waals surface area contributed by atoms with Crippen LogP contribution in [0.4, 0.5) is 0 Å². The maximum atomic E-state index is 2.38. The minimum atomic E-state index is 0. The molecule has 0 spiro atoms. The summed E-state index contributed by atoms with van der Waals surface area (Å²) < 4.78 is 0. The summed E-state index contributed by atoms with van der Waals surface area (Å²) >= 11 is 0. The lowest BCUT2D eigenvalue weighted by Gasteiger charge is -2.13. The molecule has 0 amide bonds. The van der Waals surface area contributed by atoms with Crippen LogP contribution in [0.3, 0.4) is 0 Å². The number of nitrogens with zero attached hydrogens (tertiary/aromatic N) is 1. The second kappa shape index (κ2) is 11.5. The molecule has 0 N–H and O–H groups in total. The predicted molar refractivity (Wildman–Crippen MR) is 71.9 cm³/mol. The molecule has 88 valence electrons. The summed E-state index contributed by atoms with van der Waals surface area (Å²) in [5.41, 5.74) is 1.32. The molecule has 0 aliphatic rings. The van der Waals surface area contributed by atoms with Gasteiger partial charge in [0.25, 0.3) is 0 Å². The first kappa shape index (κ1) is 16.9. The highest BCUT2D eigenvalue weighted by molar-refractivity contribution is 5.85. The van der Waals surface area contributed by atoms with E-state index >= 15 is 0 Å². The quantitative estimate of drug-likeness (QED) is 0.763. The van der Waals surface area contributed by atoms with E-state index in [4.69, 9.17) is 0 Å². The molecule has 0 atom stereocenters. The molecule has 0 aliphatic carbocycles. The number of hydrogen-bond acceptors (Lipinski definition) is 1. The topological polar surface area (TPSA) is 3.24 Å². The van der Waals surface area contributed by atoms with Gasteiger partial charge < -0.3 is 4.90 Å². The van der Waals surface area contributed by atoms with Crippen LogP contribution < -0.4 is 0 Å². The molecule has 1 aromatic carbocycles. The van der Waals surface area contributed by atoms with Crippen LogP contribution in [0, 0.1) is 6.92 Å². The Hall–Kier alpha value is -0.530. The van der Waals surface area contributed by atoms with Gasteiger partial charge in [-0.15, -0.1) is 12.4 Å². The number of rotatable bonds is 3. The molecule has 0 heterocycles. The molecule has 0 bridgehead atoms. The number of hydrogen-bond donors (Lipinski definition) is 0. The van der Waals surface area contributed by atoms with Gasteiger partial charge in [0, 0.05) is 0 Å². The van der Waals surface area contributed by atoms with Crippen LogP contribution in [-0.2, 0) is 0 Å². The number of aryl methyl sites for hydroxylation is 1. The maximum absolute atomic E-state index is 2.38. The number of benzene rings is 1. The van der Waals surface area contributed by atoms with E-state index in [1.165, 1.54) is 25.2 Å². The van der Waals surface area contributed by atoms with Gasteiger partial charge in [-0.05, 0) is 26.6 Å². The van der Waals surface area contributed by atoms with Crippen LogP contribution in [0.25, 0.3) is 0 Å². The predicted octanol–water partition coefficient (Wildman–Crippen LogP) is 3.76. The van der Waals surface area contributed by atoms with E-state index in [1.807, 2.05) is 18.2 Å². The third-order valence-corrected chi connectivity index (χ3v) is 2.28. The van der Waals surface area contributed by atoms with Gasteiger partial charge in [-0.1, -0.05) is 56.7 Å². The number of halogens is 1. The van der Waals surface area contributed by atoms with Crippen molar-refractivity contribution in [1.82, 2.24) is 4.90 Å². The molecule has 0 unspecified atom stereocenters. The fourth-order valence-corrected chi connectivity index (χ4v) is 1.21. The van der Waals surface area contributed by atoms with Crippen molar-refractivity contribution >= 4 is 12.4 Å². The average Bonchev–Trinajstić information content (AvgIpc) is 2.22. The first-order valence-electron chi connectivity index (χ1n) is 5.48. The Labute approximate surface area is 101 Å². The lowest BCUT2D eigenvalue weighted by molar-refractivity contribution is 0.321. The van der Waals surface area contributed by atoms with E-state index in [0.29, 0.717) is 0 Å². The highest BCUT2D eigenvalue weighted by Crippen LogP contribution is 1.92. The van der Waals surface area contributed by atoms with Gasteiger partial charge in [0.2, 0.25) is 0 Å². The first-order chi connectivity index (χ1) is 6.74. The van der Waals surface area contributed by atoms with Gasteiger partial charge in [0.1, 0.15) is 0 Å². The van der Waals surface area contributed by atoms with Crippen LogP contribution in [0.15, 0.2) is 30.3 Å². The Morgan fingerprint density at radius 1 is 0.867 bits per heavy atom. The van der Waals surface area contributed by atoms with Gasteiger partial charge >= 0.3 is 0 Å². The zero-order chi connectivity index (χ0) is 10.8. The lowest BCUT2D eigenvalue weighted by Crippen LogP contribution is -2.21. The Morgan fingerprint density at radius 3 is 1.40 bits per heavy atom. The molecule has 0 saturated carbocycles. The van der Waals surface area contributed by atoms with E-state index < -0.39 is 0 Å². The average molecular weight is 230 g/mol. The standard InChI is InChI=1S/C7H8.C6H15N.ClH/c1-7-5-3-2-4-6-7;1-4-7(5-2)6-3;/h2-6H,1H3;4-6H2,1-3H3;1H. The Kier molecular flexibility index (Phi) is 13.0. The molecule has 0 saturated heterocycles. The second-order valence-corrected chi connectivity index (χ2v) is 3.27. The lowest BCUT2D eigenvalue weighted by atomic mass is 10.2. The Morgan fingerprint density at radius 2 is 1.27 bits per heavy atom. The second-order valence-electron chi connectivity index (χ2n) is 3.27. The van der Waals surface area contributed by atoms with Crippen LogP contribution in [0.1, 0.15) is 26.3 Å². The summed E-state index contributed by atoms with van der Waals surface area (Å²) in [5.74, 6) is 0. The Bertz CT molecular complexity index is 202. The van der Waals surface area contributed by atoms with Crippen molar-refractivity contribution < 1.29 is 0 Å². The van der Waals surface area contributed by atoms with E-state index in [0.717, 1.165) is 0 Å². The Balaban J connectivity index is 0. The van der Waals surface area contributed by atoms with Gasteiger partial charge in [0.15, 0.2) is 0 Å². The van der Waals surface area contributed by atoms with Crippen molar-refractivity contribution in [2.45, 2.75) is 27.7 Å². The van der Waals surface area contributed by atoms with E-state index in [2.05, 4.69) is 44.7 Å². The van der Waals surface area contributed by atoms with Crippen molar-refractivity contribution in [3.8, 4) is 0 Å². The molecule has 1 nitrogen and oxygen atoms in total. The molecule has 1 rings (SSSR count). The highest BCUT2D eigenvalue weighted by Gasteiger charge is 1.89. The van der Waals surface area contributed by atoms with Crippen molar-refractivity contribution in [2.75, 3.05) is 19.6 Å². The summed E-state index contributed by atoms with van der Waals surface area (Å²) in [4.78, 5) is 2.38. The molecule has 1 aromatic rings. The molecule has 0 fully saturated rings. The zero-order valence-corrected chi connectivity index (χ0v) is 11.2. The van der Waals surface area contributed by atoms with Crippen LogP contribution in [0.2, 0.25) is 0 Å². The summed E-state index contributed by atoms with van der Waals surface area (Å²) in [7, 11) is 0. The molecule has 0 radical (unpaired) electrons.